The lowest BCUT2D eigenvalue weighted by molar-refractivity contribution is 0.844. The van der Waals surface area contributed by atoms with Crippen molar-refractivity contribution in [2.45, 2.75) is 20.3 Å². The second kappa shape index (κ2) is 4.60. The summed E-state index contributed by atoms with van der Waals surface area (Å²) in [5, 5.41) is 13.7. The zero-order valence-corrected chi connectivity index (χ0v) is 10.5. The Morgan fingerprint density at radius 2 is 2.18 bits per heavy atom. The first-order valence-electron chi connectivity index (χ1n) is 5.30. The first-order valence-corrected chi connectivity index (χ1v) is 5.68. The van der Waals surface area contributed by atoms with E-state index in [-0.39, 0.29) is 0 Å². The number of hydrogen-bond acceptors (Lipinski definition) is 2. The maximum atomic E-state index is 8.70. The highest BCUT2D eigenvalue weighted by molar-refractivity contribution is 6.31. The molecule has 0 radical (unpaired) electrons. The second-order valence-electron chi connectivity index (χ2n) is 3.94. The number of rotatable bonds is 2. The summed E-state index contributed by atoms with van der Waals surface area (Å²) >= 11 is 6.09. The minimum atomic E-state index is 0.380. The first kappa shape index (κ1) is 11.7. The molecule has 0 atom stereocenters. The molecule has 1 aromatic heterocycles. The highest BCUT2D eigenvalue weighted by Gasteiger charge is 2.08. The van der Waals surface area contributed by atoms with Gasteiger partial charge in [-0.3, -0.25) is 0 Å². The van der Waals surface area contributed by atoms with Crippen LogP contribution in [0.1, 0.15) is 16.8 Å². The molecule has 3 nitrogen and oxygen atoms in total. The predicted octanol–water partition coefficient (Wildman–Crippen LogP) is 3.21. The fourth-order valence-corrected chi connectivity index (χ4v) is 1.85. The molecule has 0 aliphatic carbocycles. The van der Waals surface area contributed by atoms with Gasteiger partial charge in [0.15, 0.2) is 0 Å². The van der Waals surface area contributed by atoms with Gasteiger partial charge in [0.25, 0.3) is 0 Å². The lowest BCUT2D eigenvalue weighted by Gasteiger charge is -2.06. The maximum Gasteiger partial charge on any atom is 0.0671 e. The average molecular weight is 246 g/mol. The maximum absolute atomic E-state index is 8.70. The summed E-state index contributed by atoms with van der Waals surface area (Å²) in [6.07, 6.45) is 2.11. The Bertz CT molecular complexity index is 593. The van der Waals surface area contributed by atoms with E-state index in [9.17, 15) is 0 Å². The zero-order valence-electron chi connectivity index (χ0n) is 9.74. The molecule has 1 heterocycles. The van der Waals surface area contributed by atoms with E-state index in [1.807, 2.05) is 32.0 Å². The fraction of sp³-hybridized carbons (Fsp3) is 0.231. The molecular weight excluding hydrogens is 234 g/mol. The van der Waals surface area contributed by atoms with Crippen molar-refractivity contribution in [3.8, 4) is 11.8 Å². The van der Waals surface area contributed by atoms with Crippen LogP contribution in [0.4, 0.5) is 0 Å². The van der Waals surface area contributed by atoms with Crippen LogP contribution in [0, 0.1) is 25.2 Å². The molecule has 2 aromatic rings. The summed E-state index contributed by atoms with van der Waals surface area (Å²) in [5.41, 5.74) is 3.88. The Kier molecular flexibility index (Phi) is 3.16. The second-order valence-corrected chi connectivity index (χ2v) is 4.34. The summed E-state index contributed by atoms with van der Waals surface area (Å²) < 4.78 is 1.80. The van der Waals surface area contributed by atoms with Gasteiger partial charge in [0.1, 0.15) is 0 Å². The molecule has 0 saturated heterocycles. The molecule has 17 heavy (non-hydrogen) atoms. The van der Waals surface area contributed by atoms with Crippen LogP contribution in [0.15, 0.2) is 24.4 Å². The highest BCUT2D eigenvalue weighted by Crippen LogP contribution is 2.21. The molecule has 86 valence electrons. The van der Waals surface area contributed by atoms with E-state index in [4.69, 9.17) is 16.9 Å². The third kappa shape index (κ3) is 2.17. The molecule has 2 rings (SSSR count). The molecule has 0 fully saturated rings. The summed E-state index contributed by atoms with van der Waals surface area (Å²) in [7, 11) is 0. The largest absolute Gasteiger partial charge is 0.238 e. The SMILES string of the molecule is Cc1ccc(-n2ncc(CC#N)c2C)cc1Cl. The van der Waals surface area contributed by atoms with Crippen molar-refractivity contribution in [3.63, 3.8) is 0 Å². The number of nitrogens with zero attached hydrogens (tertiary/aromatic N) is 3. The van der Waals surface area contributed by atoms with Gasteiger partial charge in [0.05, 0.1) is 24.4 Å². The van der Waals surface area contributed by atoms with Gasteiger partial charge in [-0.05, 0) is 31.5 Å². The Morgan fingerprint density at radius 1 is 1.41 bits per heavy atom. The minimum absolute atomic E-state index is 0.380. The first-order chi connectivity index (χ1) is 8.13. The van der Waals surface area contributed by atoms with Gasteiger partial charge in [0, 0.05) is 16.3 Å². The molecule has 0 amide bonds. The van der Waals surface area contributed by atoms with Crippen molar-refractivity contribution in [2.75, 3.05) is 0 Å². The van der Waals surface area contributed by atoms with Gasteiger partial charge < -0.3 is 0 Å². The van der Waals surface area contributed by atoms with Crippen LogP contribution < -0.4 is 0 Å². The lowest BCUT2D eigenvalue weighted by Crippen LogP contribution is -1.99. The van der Waals surface area contributed by atoms with E-state index in [1.165, 1.54) is 0 Å². The Labute approximate surface area is 105 Å². The predicted molar refractivity (Wildman–Crippen MR) is 67.4 cm³/mol. The van der Waals surface area contributed by atoms with Crippen molar-refractivity contribution in [1.29, 1.82) is 5.26 Å². The van der Waals surface area contributed by atoms with Gasteiger partial charge >= 0.3 is 0 Å². The smallest absolute Gasteiger partial charge is 0.0671 e. The Morgan fingerprint density at radius 3 is 2.82 bits per heavy atom. The third-order valence-corrected chi connectivity index (χ3v) is 3.19. The van der Waals surface area contributed by atoms with Crippen LogP contribution in [-0.2, 0) is 6.42 Å². The van der Waals surface area contributed by atoms with E-state index >= 15 is 0 Å². The van der Waals surface area contributed by atoms with Gasteiger partial charge in [0.2, 0.25) is 0 Å². The Balaban J connectivity index is 2.47. The summed E-state index contributed by atoms with van der Waals surface area (Å²) in [6.45, 7) is 3.91. The standard InChI is InChI=1S/C13H12ClN3/c1-9-3-4-12(7-13(9)14)17-10(2)11(5-6-15)8-16-17/h3-4,7-8H,5H2,1-2H3. The van der Waals surface area contributed by atoms with Crippen molar-refractivity contribution in [2.24, 2.45) is 0 Å². The van der Waals surface area contributed by atoms with E-state index in [0.29, 0.717) is 6.42 Å². The molecule has 0 unspecified atom stereocenters. The monoisotopic (exact) mass is 245 g/mol. The van der Waals surface area contributed by atoms with Crippen LogP contribution in [-0.4, -0.2) is 9.78 Å². The highest BCUT2D eigenvalue weighted by atomic mass is 35.5. The van der Waals surface area contributed by atoms with Crippen molar-refractivity contribution >= 4 is 11.6 Å². The van der Waals surface area contributed by atoms with Crippen LogP contribution in [0.5, 0.6) is 0 Å². The number of nitriles is 1. The summed E-state index contributed by atoms with van der Waals surface area (Å²) in [5.74, 6) is 0. The van der Waals surface area contributed by atoms with E-state index in [0.717, 1.165) is 27.5 Å². The number of aryl methyl sites for hydroxylation is 1. The van der Waals surface area contributed by atoms with Crippen molar-refractivity contribution < 1.29 is 0 Å². The van der Waals surface area contributed by atoms with Gasteiger partial charge in [-0.15, -0.1) is 0 Å². The topological polar surface area (TPSA) is 41.6 Å². The molecule has 0 N–H and O–H groups in total. The van der Waals surface area contributed by atoms with Crippen molar-refractivity contribution in [3.05, 3.63) is 46.2 Å². The molecule has 0 aliphatic heterocycles. The van der Waals surface area contributed by atoms with Gasteiger partial charge in [-0.1, -0.05) is 17.7 Å². The molecule has 0 aliphatic rings. The van der Waals surface area contributed by atoms with Crippen LogP contribution in [0.25, 0.3) is 5.69 Å². The van der Waals surface area contributed by atoms with Gasteiger partial charge in [-0.25, -0.2) is 4.68 Å². The number of halogens is 1. The van der Waals surface area contributed by atoms with Gasteiger partial charge in [-0.2, -0.15) is 10.4 Å². The lowest BCUT2D eigenvalue weighted by atomic mass is 10.2. The summed E-state index contributed by atoms with van der Waals surface area (Å²) in [6, 6.07) is 7.94. The third-order valence-electron chi connectivity index (χ3n) is 2.78. The van der Waals surface area contributed by atoms with Crippen molar-refractivity contribution in [1.82, 2.24) is 9.78 Å². The van der Waals surface area contributed by atoms with Crippen LogP contribution in [0.3, 0.4) is 0 Å². The Hall–Kier alpha value is -1.79. The zero-order chi connectivity index (χ0) is 12.4. The number of hydrogen-bond donors (Lipinski definition) is 0. The van der Waals surface area contributed by atoms with E-state index < -0.39 is 0 Å². The molecule has 0 saturated carbocycles. The molecule has 0 bridgehead atoms. The number of benzene rings is 1. The molecule has 1 aromatic carbocycles. The fourth-order valence-electron chi connectivity index (χ4n) is 1.68. The van der Waals surface area contributed by atoms with E-state index in [1.54, 1.807) is 10.9 Å². The van der Waals surface area contributed by atoms with Crippen LogP contribution >= 0.6 is 11.6 Å². The minimum Gasteiger partial charge on any atom is -0.238 e. The average Bonchev–Trinajstić information content (AvgIpc) is 2.66. The summed E-state index contributed by atoms with van der Waals surface area (Å²) in [4.78, 5) is 0. The quantitative estimate of drug-likeness (QED) is 0.815. The molecule has 0 spiro atoms. The van der Waals surface area contributed by atoms with Crippen LogP contribution in [0.2, 0.25) is 5.02 Å². The molecule has 4 heteroatoms. The van der Waals surface area contributed by atoms with E-state index in [2.05, 4.69) is 11.2 Å². The number of aromatic nitrogens is 2. The normalized spacial score (nSPS) is 10.2. The molecular formula is C13H12ClN3.